The zero-order valence-electron chi connectivity index (χ0n) is 15.6. The molecule has 27 heavy (non-hydrogen) atoms. The van der Waals surface area contributed by atoms with Gasteiger partial charge in [0, 0.05) is 11.7 Å². The third-order valence-electron chi connectivity index (χ3n) is 3.79. The molecule has 6 heteroatoms. The summed E-state index contributed by atoms with van der Waals surface area (Å²) in [5.74, 6) is -0.502. The van der Waals surface area contributed by atoms with E-state index in [0.717, 1.165) is 5.69 Å². The van der Waals surface area contributed by atoms with Crippen LogP contribution >= 0.6 is 0 Å². The normalized spacial score (nSPS) is 11.4. The number of hydrogen-bond acceptors (Lipinski definition) is 5. The highest BCUT2D eigenvalue weighted by molar-refractivity contribution is 5.95. The third kappa shape index (κ3) is 5.58. The molecule has 0 aliphatic rings. The number of hydrogen-bond donors (Lipinski definition) is 0. The van der Waals surface area contributed by atoms with E-state index >= 15 is 0 Å². The van der Waals surface area contributed by atoms with Gasteiger partial charge in [0.05, 0.1) is 11.6 Å². The van der Waals surface area contributed by atoms with E-state index < -0.39 is 12.1 Å². The van der Waals surface area contributed by atoms with Crippen molar-refractivity contribution in [1.82, 2.24) is 0 Å². The van der Waals surface area contributed by atoms with E-state index in [0.29, 0.717) is 11.3 Å². The van der Waals surface area contributed by atoms with Crippen LogP contribution in [0.4, 0.5) is 5.69 Å². The molecule has 2 aromatic carbocycles. The first-order valence-electron chi connectivity index (χ1n) is 8.63. The third-order valence-corrected chi connectivity index (χ3v) is 3.79. The summed E-state index contributed by atoms with van der Waals surface area (Å²) < 4.78 is 10.6. The van der Waals surface area contributed by atoms with Crippen molar-refractivity contribution in [3.63, 3.8) is 0 Å². The van der Waals surface area contributed by atoms with Gasteiger partial charge in [0.2, 0.25) is 0 Å². The fraction of sp³-hybridized carbons (Fsp3) is 0.286. The van der Waals surface area contributed by atoms with Crippen LogP contribution in [0.2, 0.25) is 0 Å². The Balaban J connectivity index is 1.92. The predicted octanol–water partition coefficient (Wildman–Crippen LogP) is 3.31. The summed E-state index contributed by atoms with van der Waals surface area (Å²) in [6.07, 6.45) is -0.880. The SMILES string of the molecule is CC(C)N(C(=O)COC(=O)[C@H](C)Oc1ccc(C#N)cc1)c1ccccc1. The lowest BCUT2D eigenvalue weighted by molar-refractivity contribution is -0.154. The minimum Gasteiger partial charge on any atom is -0.479 e. The van der Waals surface area contributed by atoms with Crippen molar-refractivity contribution in [2.75, 3.05) is 11.5 Å². The molecule has 6 nitrogen and oxygen atoms in total. The van der Waals surface area contributed by atoms with Crippen molar-refractivity contribution in [3.8, 4) is 11.8 Å². The second-order valence-corrected chi connectivity index (χ2v) is 6.20. The highest BCUT2D eigenvalue weighted by atomic mass is 16.6. The second-order valence-electron chi connectivity index (χ2n) is 6.20. The summed E-state index contributed by atoms with van der Waals surface area (Å²) in [7, 11) is 0. The lowest BCUT2D eigenvalue weighted by atomic mass is 10.2. The molecule has 0 bridgehead atoms. The van der Waals surface area contributed by atoms with Crippen molar-refractivity contribution in [2.45, 2.75) is 32.9 Å². The fourth-order valence-corrected chi connectivity index (χ4v) is 2.50. The Bertz CT molecular complexity index is 810. The minimum absolute atomic E-state index is 0.0778. The molecule has 0 aliphatic carbocycles. The van der Waals surface area contributed by atoms with Crippen molar-refractivity contribution >= 4 is 17.6 Å². The Morgan fingerprint density at radius 3 is 2.22 bits per heavy atom. The quantitative estimate of drug-likeness (QED) is 0.703. The lowest BCUT2D eigenvalue weighted by Crippen LogP contribution is -2.40. The number of anilines is 1. The summed E-state index contributed by atoms with van der Waals surface area (Å²) in [4.78, 5) is 26.2. The van der Waals surface area contributed by atoms with Gasteiger partial charge in [-0.3, -0.25) is 4.79 Å². The fourth-order valence-electron chi connectivity index (χ4n) is 2.50. The molecule has 0 radical (unpaired) electrons. The van der Waals surface area contributed by atoms with Gasteiger partial charge in [0.15, 0.2) is 12.7 Å². The minimum atomic E-state index is -0.880. The number of amides is 1. The molecule has 140 valence electrons. The van der Waals surface area contributed by atoms with Crippen LogP contribution in [-0.4, -0.2) is 30.6 Å². The monoisotopic (exact) mass is 366 g/mol. The van der Waals surface area contributed by atoms with Gasteiger partial charge in [-0.1, -0.05) is 18.2 Å². The maximum absolute atomic E-state index is 12.5. The van der Waals surface area contributed by atoms with E-state index in [1.807, 2.05) is 50.2 Å². The molecule has 0 N–H and O–H groups in total. The zero-order valence-corrected chi connectivity index (χ0v) is 15.6. The van der Waals surface area contributed by atoms with E-state index in [4.69, 9.17) is 14.7 Å². The van der Waals surface area contributed by atoms with Gasteiger partial charge >= 0.3 is 5.97 Å². The molecule has 0 spiro atoms. The predicted molar refractivity (Wildman–Crippen MR) is 101 cm³/mol. The smallest absolute Gasteiger partial charge is 0.347 e. The van der Waals surface area contributed by atoms with Crippen LogP contribution < -0.4 is 9.64 Å². The molecule has 1 amide bonds. The first-order chi connectivity index (χ1) is 12.9. The van der Waals surface area contributed by atoms with Gasteiger partial charge in [-0.2, -0.15) is 5.26 Å². The van der Waals surface area contributed by atoms with Crippen LogP contribution in [0.1, 0.15) is 26.3 Å². The molecule has 0 fully saturated rings. The number of nitrogens with zero attached hydrogens (tertiary/aromatic N) is 2. The number of para-hydroxylation sites is 1. The topological polar surface area (TPSA) is 79.6 Å². The summed E-state index contributed by atoms with van der Waals surface area (Å²) in [5, 5.41) is 8.79. The van der Waals surface area contributed by atoms with Gasteiger partial charge in [-0.25, -0.2) is 4.79 Å². The Hall–Kier alpha value is -3.33. The molecule has 0 unspecified atom stereocenters. The molecule has 1 atom stereocenters. The van der Waals surface area contributed by atoms with E-state index in [-0.39, 0.29) is 18.6 Å². The number of benzene rings is 2. The number of ether oxygens (including phenoxy) is 2. The average Bonchev–Trinajstić information content (AvgIpc) is 2.67. The molecular weight excluding hydrogens is 344 g/mol. The molecule has 0 aliphatic heterocycles. The Labute approximate surface area is 158 Å². The van der Waals surface area contributed by atoms with E-state index in [9.17, 15) is 9.59 Å². The Kier molecular flexibility index (Phi) is 6.95. The van der Waals surface area contributed by atoms with Crippen molar-refractivity contribution in [1.29, 1.82) is 5.26 Å². The first-order valence-corrected chi connectivity index (χ1v) is 8.63. The van der Waals surface area contributed by atoms with E-state index in [2.05, 4.69) is 0 Å². The average molecular weight is 366 g/mol. The maximum Gasteiger partial charge on any atom is 0.347 e. The Morgan fingerprint density at radius 1 is 1.04 bits per heavy atom. The summed E-state index contributed by atoms with van der Waals surface area (Å²) in [5.41, 5.74) is 1.24. The number of nitriles is 1. The zero-order chi connectivity index (χ0) is 19.8. The standard InChI is InChI=1S/C21H22N2O4/c1-15(2)23(18-7-5-4-6-8-18)20(24)14-26-21(25)16(3)27-19-11-9-17(13-22)10-12-19/h4-12,15-16H,14H2,1-3H3/t16-/m0/s1. The molecule has 0 heterocycles. The highest BCUT2D eigenvalue weighted by Crippen LogP contribution is 2.17. The van der Waals surface area contributed by atoms with E-state index in [1.165, 1.54) is 0 Å². The molecule has 0 saturated heterocycles. The highest BCUT2D eigenvalue weighted by Gasteiger charge is 2.23. The summed E-state index contributed by atoms with van der Waals surface area (Å²) >= 11 is 0. The van der Waals surface area contributed by atoms with Gasteiger partial charge in [0.25, 0.3) is 5.91 Å². The summed E-state index contributed by atoms with van der Waals surface area (Å²) in [6, 6.07) is 17.5. The number of carbonyl (C=O) groups is 2. The molecule has 2 rings (SSSR count). The maximum atomic E-state index is 12.5. The van der Waals surface area contributed by atoms with Crippen LogP contribution in [0.25, 0.3) is 0 Å². The lowest BCUT2D eigenvalue weighted by Gasteiger charge is -2.26. The molecule has 0 saturated carbocycles. The van der Waals surface area contributed by atoms with Crippen LogP contribution in [0, 0.1) is 11.3 Å². The van der Waals surface area contributed by atoms with Gasteiger partial charge in [0.1, 0.15) is 5.75 Å². The largest absolute Gasteiger partial charge is 0.479 e. The first kappa shape index (κ1) is 20.0. The van der Waals surface area contributed by atoms with Crippen LogP contribution in [0.15, 0.2) is 54.6 Å². The van der Waals surface area contributed by atoms with Gasteiger partial charge < -0.3 is 14.4 Å². The van der Waals surface area contributed by atoms with Crippen molar-refractivity contribution < 1.29 is 19.1 Å². The Morgan fingerprint density at radius 2 is 1.67 bits per heavy atom. The number of carbonyl (C=O) groups excluding carboxylic acids is 2. The molecule has 2 aromatic rings. The van der Waals surface area contributed by atoms with Crippen molar-refractivity contribution in [2.24, 2.45) is 0 Å². The van der Waals surface area contributed by atoms with Crippen LogP contribution in [-0.2, 0) is 14.3 Å². The van der Waals surface area contributed by atoms with Crippen LogP contribution in [0.3, 0.4) is 0 Å². The van der Waals surface area contributed by atoms with Gasteiger partial charge in [-0.15, -0.1) is 0 Å². The van der Waals surface area contributed by atoms with Crippen LogP contribution in [0.5, 0.6) is 5.75 Å². The van der Waals surface area contributed by atoms with E-state index in [1.54, 1.807) is 36.1 Å². The molecular formula is C21H22N2O4. The number of esters is 1. The number of rotatable bonds is 7. The summed E-state index contributed by atoms with van der Waals surface area (Å²) in [6.45, 7) is 4.96. The second kappa shape index (κ2) is 9.39. The molecule has 0 aromatic heterocycles. The van der Waals surface area contributed by atoms with Crippen molar-refractivity contribution in [3.05, 3.63) is 60.2 Å². The van der Waals surface area contributed by atoms with Gasteiger partial charge in [-0.05, 0) is 57.2 Å².